The van der Waals surface area contributed by atoms with Gasteiger partial charge in [0, 0.05) is 12.1 Å². The fourth-order valence-corrected chi connectivity index (χ4v) is 1.83. The van der Waals surface area contributed by atoms with Gasteiger partial charge in [-0.1, -0.05) is 0 Å². The van der Waals surface area contributed by atoms with Crippen LogP contribution in [0.5, 0.6) is 0 Å². The summed E-state index contributed by atoms with van der Waals surface area (Å²) in [5.41, 5.74) is 5.90. The van der Waals surface area contributed by atoms with Gasteiger partial charge in [0.15, 0.2) is 0 Å². The lowest BCUT2D eigenvalue weighted by Crippen LogP contribution is -2.36. The van der Waals surface area contributed by atoms with Gasteiger partial charge < -0.3 is 15.1 Å². The van der Waals surface area contributed by atoms with Crippen LogP contribution in [0.3, 0.4) is 0 Å². The zero-order valence-corrected chi connectivity index (χ0v) is 11.3. The molecule has 0 fully saturated rings. The summed E-state index contributed by atoms with van der Waals surface area (Å²) < 4.78 is 5.51. The first kappa shape index (κ1) is 13.2. The van der Waals surface area contributed by atoms with Crippen molar-refractivity contribution in [3.8, 4) is 0 Å². The molecule has 0 aliphatic carbocycles. The minimum absolute atomic E-state index is 0.0439. The second-order valence-electron chi connectivity index (χ2n) is 4.75. The largest absolute Gasteiger partial charge is 0.464 e. The van der Waals surface area contributed by atoms with E-state index in [1.54, 1.807) is 4.90 Å². The molecule has 6 heteroatoms. The fraction of sp³-hybridized carbons (Fsp3) is 0.385. The second-order valence-corrected chi connectivity index (χ2v) is 4.75. The van der Waals surface area contributed by atoms with E-state index in [1.807, 2.05) is 32.9 Å². The predicted octanol–water partition coefficient (Wildman–Crippen LogP) is 1.94. The number of rotatable bonds is 4. The van der Waals surface area contributed by atoms with E-state index in [4.69, 9.17) is 10.2 Å². The molecule has 0 aliphatic heterocycles. The van der Waals surface area contributed by atoms with Crippen LogP contribution in [0.4, 0.5) is 5.82 Å². The number of nitrogen functional groups attached to an aromatic ring is 1. The van der Waals surface area contributed by atoms with Gasteiger partial charge in [-0.3, -0.25) is 9.89 Å². The molecule has 19 heavy (non-hydrogen) atoms. The molecule has 0 aromatic carbocycles. The van der Waals surface area contributed by atoms with Gasteiger partial charge in [-0.05, 0) is 32.9 Å². The molecule has 3 N–H and O–H groups in total. The molecule has 0 atom stereocenters. The standard InChI is InChI=1S/C13H18N4O2/c1-8(2)17(7-10-5-4-9(3)19-10)13(18)11-6-12(14)16-15-11/h4-6,8H,7H2,1-3H3,(H3,14,15,16). The molecule has 2 aromatic rings. The number of carbonyl (C=O) groups is 1. The van der Waals surface area contributed by atoms with E-state index in [-0.39, 0.29) is 11.9 Å². The Hall–Kier alpha value is -2.24. The monoisotopic (exact) mass is 262 g/mol. The first-order chi connectivity index (χ1) is 8.97. The third kappa shape index (κ3) is 2.96. The van der Waals surface area contributed by atoms with Crippen LogP contribution in [-0.4, -0.2) is 27.0 Å². The number of aryl methyl sites for hydroxylation is 1. The molecular formula is C13H18N4O2. The third-order valence-corrected chi connectivity index (χ3v) is 2.83. The SMILES string of the molecule is Cc1ccc(CN(C(=O)c2cc(N)n[nH]2)C(C)C)o1. The number of amides is 1. The molecule has 2 rings (SSSR count). The van der Waals surface area contributed by atoms with Gasteiger partial charge in [0.05, 0.1) is 6.54 Å². The Kier molecular flexibility index (Phi) is 3.59. The van der Waals surface area contributed by atoms with Gasteiger partial charge in [0.1, 0.15) is 23.0 Å². The Morgan fingerprint density at radius 3 is 2.74 bits per heavy atom. The molecule has 0 aliphatic rings. The fourth-order valence-electron chi connectivity index (χ4n) is 1.83. The number of aromatic nitrogens is 2. The molecular weight excluding hydrogens is 244 g/mol. The third-order valence-electron chi connectivity index (χ3n) is 2.83. The van der Waals surface area contributed by atoms with Gasteiger partial charge in [0.25, 0.3) is 5.91 Å². The number of carbonyl (C=O) groups excluding carboxylic acids is 1. The van der Waals surface area contributed by atoms with Gasteiger partial charge in [-0.15, -0.1) is 0 Å². The first-order valence-electron chi connectivity index (χ1n) is 6.14. The van der Waals surface area contributed by atoms with E-state index in [9.17, 15) is 4.79 Å². The number of hydrogen-bond acceptors (Lipinski definition) is 4. The maximum absolute atomic E-state index is 12.4. The topological polar surface area (TPSA) is 88.1 Å². The van der Waals surface area contributed by atoms with Crippen molar-refractivity contribution in [3.05, 3.63) is 35.4 Å². The molecule has 1 amide bonds. The van der Waals surface area contributed by atoms with Crippen molar-refractivity contribution in [1.82, 2.24) is 15.1 Å². The van der Waals surface area contributed by atoms with Crippen molar-refractivity contribution in [2.45, 2.75) is 33.4 Å². The average Bonchev–Trinajstić information content (AvgIpc) is 2.94. The summed E-state index contributed by atoms with van der Waals surface area (Å²) in [6, 6.07) is 5.33. The number of nitrogens with one attached hydrogen (secondary N) is 1. The molecule has 0 saturated carbocycles. The van der Waals surface area contributed by atoms with Crippen LogP contribution in [0.1, 0.15) is 35.9 Å². The summed E-state index contributed by atoms with van der Waals surface area (Å²) >= 11 is 0. The van der Waals surface area contributed by atoms with Gasteiger partial charge in [-0.2, -0.15) is 5.10 Å². The molecule has 2 heterocycles. The Labute approximate surface area is 111 Å². The summed E-state index contributed by atoms with van der Waals surface area (Å²) in [4.78, 5) is 14.1. The zero-order valence-electron chi connectivity index (χ0n) is 11.3. The predicted molar refractivity (Wildman–Crippen MR) is 71.5 cm³/mol. The Morgan fingerprint density at radius 1 is 1.53 bits per heavy atom. The number of hydrogen-bond donors (Lipinski definition) is 2. The molecule has 0 spiro atoms. The molecule has 0 unspecified atom stereocenters. The molecule has 2 aromatic heterocycles. The van der Waals surface area contributed by atoms with E-state index in [1.165, 1.54) is 6.07 Å². The van der Waals surface area contributed by atoms with Gasteiger partial charge in [-0.25, -0.2) is 0 Å². The summed E-state index contributed by atoms with van der Waals surface area (Å²) in [6.45, 7) is 6.20. The Bertz CT molecular complexity index is 571. The van der Waals surface area contributed by atoms with Crippen molar-refractivity contribution in [2.75, 3.05) is 5.73 Å². The summed E-state index contributed by atoms with van der Waals surface area (Å²) in [5.74, 6) is 1.75. The summed E-state index contributed by atoms with van der Waals surface area (Å²) in [5, 5.41) is 6.41. The van der Waals surface area contributed by atoms with Crippen LogP contribution >= 0.6 is 0 Å². The number of aromatic amines is 1. The van der Waals surface area contributed by atoms with E-state index in [2.05, 4.69) is 10.2 Å². The van der Waals surface area contributed by atoms with Crippen molar-refractivity contribution >= 4 is 11.7 Å². The second kappa shape index (κ2) is 5.17. The first-order valence-corrected chi connectivity index (χ1v) is 6.14. The van der Waals surface area contributed by atoms with Crippen LogP contribution in [0.25, 0.3) is 0 Å². The highest BCUT2D eigenvalue weighted by Crippen LogP contribution is 2.15. The zero-order chi connectivity index (χ0) is 14.0. The van der Waals surface area contributed by atoms with Crippen LogP contribution < -0.4 is 5.73 Å². The van der Waals surface area contributed by atoms with E-state index in [0.29, 0.717) is 18.1 Å². The summed E-state index contributed by atoms with van der Waals surface area (Å²) in [7, 11) is 0. The minimum atomic E-state index is -0.145. The van der Waals surface area contributed by atoms with E-state index >= 15 is 0 Å². The van der Waals surface area contributed by atoms with Crippen LogP contribution in [0.15, 0.2) is 22.6 Å². The lowest BCUT2D eigenvalue weighted by atomic mass is 10.2. The van der Waals surface area contributed by atoms with Gasteiger partial charge in [0.2, 0.25) is 0 Å². The highest BCUT2D eigenvalue weighted by Gasteiger charge is 2.21. The molecule has 0 saturated heterocycles. The number of H-pyrrole nitrogens is 1. The highest BCUT2D eigenvalue weighted by atomic mass is 16.3. The van der Waals surface area contributed by atoms with Crippen LogP contribution in [0, 0.1) is 6.92 Å². The maximum atomic E-state index is 12.4. The number of nitrogens with zero attached hydrogens (tertiary/aromatic N) is 2. The lowest BCUT2D eigenvalue weighted by Gasteiger charge is -2.25. The Morgan fingerprint density at radius 2 is 2.26 bits per heavy atom. The molecule has 0 bridgehead atoms. The Balaban J connectivity index is 2.18. The van der Waals surface area contributed by atoms with Crippen molar-refractivity contribution in [1.29, 1.82) is 0 Å². The van der Waals surface area contributed by atoms with Crippen LogP contribution in [-0.2, 0) is 6.54 Å². The van der Waals surface area contributed by atoms with Crippen molar-refractivity contribution < 1.29 is 9.21 Å². The maximum Gasteiger partial charge on any atom is 0.272 e. The number of nitrogens with two attached hydrogens (primary N) is 1. The lowest BCUT2D eigenvalue weighted by molar-refractivity contribution is 0.0669. The van der Waals surface area contributed by atoms with Crippen LogP contribution in [0.2, 0.25) is 0 Å². The minimum Gasteiger partial charge on any atom is -0.464 e. The quantitative estimate of drug-likeness (QED) is 0.881. The van der Waals surface area contributed by atoms with E-state index in [0.717, 1.165) is 11.5 Å². The summed E-state index contributed by atoms with van der Waals surface area (Å²) in [6.07, 6.45) is 0. The van der Waals surface area contributed by atoms with Crippen molar-refractivity contribution in [3.63, 3.8) is 0 Å². The number of anilines is 1. The molecule has 0 radical (unpaired) electrons. The van der Waals surface area contributed by atoms with Gasteiger partial charge >= 0.3 is 0 Å². The highest BCUT2D eigenvalue weighted by molar-refractivity contribution is 5.93. The average molecular weight is 262 g/mol. The molecule has 102 valence electrons. The molecule has 6 nitrogen and oxygen atoms in total. The van der Waals surface area contributed by atoms with Crippen molar-refractivity contribution in [2.24, 2.45) is 0 Å². The normalized spacial score (nSPS) is 10.9. The smallest absolute Gasteiger partial charge is 0.272 e. The number of furan rings is 1. The van der Waals surface area contributed by atoms with E-state index < -0.39 is 0 Å².